The molecule has 0 spiro atoms. The van der Waals surface area contributed by atoms with Crippen LogP contribution < -0.4 is 0 Å². The largest absolute Gasteiger partial charge is 0.425 e. The van der Waals surface area contributed by atoms with Crippen LogP contribution >= 0.6 is 0 Å². The lowest BCUT2D eigenvalue weighted by atomic mass is 10.0. The molecule has 2 fully saturated rings. The first kappa shape index (κ1) is 20.6. The first-order valence-corrected chi connectivity index (χ1v) is 7.88. The van der Waals surface area contributed by atoms with Gasteiger partial charge < -0.3 is 4.74 Å². The van der Waals surface area contributed by atoms with E-state index >= 15 is 0 Å². The van der Waals surface area contributed by atoms with Crippen molar-refractivity contribution in [2.75, 3.05) is 13.1 Å². The van der Waals surface area contributed by atoms with Crippen LogP contribution in [-0.4, -0.2) is 60.7 Å². The average Bonchev–Trinajstić information content (AvgIpc) is 3.05. The van der Waals surface area contributed by atoms with Gasteiger partial charge in [-0.25, -0.2) is 17.6 Å². The van der Waals surface area contributed by atoms with Crippen molar-refractivity contribution in [3.05, 3.63) is 0 Å². The van der Waals surface area contributed by atoms with Gasteiger partial charge in [0.15, 0.2) is 0 Å². The molecule has 2 heterocycles. The maximum atomic E-state index is 14.2. The van der Waals surface area contributed by atoms with E-state index in [0.717, 1.165) is 11.3 Å². The molecule has 0 aromatic rings. The normalized spacial score (nSPS) is 29.6. The first-order chi connectivity index (χ1) is 11.4. The number of halogens is 9. The summed E-state index contributed by atoms with van der Waals surface area (Å²) in [7, 11) is 0. The molecule has 11 heteroatoms. The van der Waals surface area contributed by atoms with Crippen LogP contribution in [0.3, 0.4) is 0 Å². The van der Waals surface area contributed by atoms with E-state index < -0.39 is 55.5 Å². The molecule has 2 aliphatic heterocycles. The zero-order valence-corrected chi connectivity index (χ0v) is 13.0. The van der Waals surface area contributed by atoms with Gasteiger partial charge in [0.1, 0.15) is 12.2 Å². The number of likely N-dealkylation sites (tertiary alicyclic amines) is 1. The zero-order valence-electron chi connectivity index (χ0n) is 13.0. The fraction of sp³-hybridized carbons (Fsp3) is 1.00. The van der Waals surface area contributed by atoms with E-state index in [4.69, 9.17) is 0 Å². The van der Waals surface area contributed by atoms with Crippen LogP contribution in [0.2, 0.25) is 0 Å². The topological polar surface area (TPSA) is 12.5 Å². The fourth-order valence-electron chi connectivity index (χ4n) is 3.13. The zero-order chi connectivity index (χ0) is 19.0. The third-order valence-electron chi connectivity index (χ3n) is 4.53. The van der Waals surface area contributed by atoms with Gasteiger partial charge in [0.05, 0.1) is 0 Å². The molecule has 0 radical (unpaired) electrons. The summed E-state index contributed by atoms with van der Waals surface area (Å²) in [5.74, 6) is -9.22. The van der Waals surface area contributed by atoms with E-state index in [9.17, 15) is 39.5 Å². The van der Waals surface area contributed by atoms with Gasteiger partial charge in [-0.05, 0) is 25.7 Å². The second kappa shape index (κ2) is 7.13. The molecule has 0 aliphatic carbocycles. The third-order valence-corrected chi connectivity index (χ3v) is 4.53. The number of alkyl halides is 9. The lowest BCUT2D eigenvalue weighted by molar-refractivity contribution is -0.282. The average molecular weight is 387 g/mol. The molecule has 0 amide bonds. The van der Waals surface area contributed by atoms with Gasteiger partial charge in [0.2, 0.25) is 6.30 Å². The van der Waals surface area contributed by atoms with Crippen LogP contribution in [0.5, 0.6) is 0 Å². The number of hydrogen-bond donors (Lipinski definition) is 0. The molecule has 0 N–H and O–H groups in total. The molecular formula is C14H18F9NO. The maximum Gasteiger partial charge on any atom is 0.425 e. The minimum absolute atomic E-state index is 0.0592. The Morgan fingerprint density at radius 2 is 1.24 bits per heavy atom. The second-order valence-electron chi connectivity index (χ2n) is 6.38. The van der Waals surface area contributed by atoms with Gasteiger partial charge in [0, 0.05) is 13.1 Å². The van der Waals surface area contributed by atoms with Gasteiger partial charge in [-0.1, -0.05) is 6.42 Å². The fourth-order valence-corrected chi connectivity index (χ4v) is 3.13. The summed E-state index contributed by atoms with van der Waals surface area (Å²) < 4.78 is 124. The highest BCUT2D eigenvalue weighted by Gasteiger charge is 2.64. The van der Waals surface area contributed by atoms with E-state index in [1.807, 2.05) is 0 Å². The Hall–Kier alpha value is -0.710. The molecule has 2 aliphatic rings. The van der Waals surface area contributed by atoms with E-state index in [1.165, 1.54) is 0 Å². The second-order valence-corrected chi connectivity index (χ2v) is 6.38. The Bertz CT molecular complexity index is 450. The van der Waals surface area contributed by atoms with Gasteiger partial charge in [-0.15, -0.1) is 0 Å². The molecule has 25 heavy (non-hydrogen) atoms. The Morgan fingerprint density at radius 1 is 0.760 bits per heavy atom. The van der Waals surface area contributed by atoms with E-state index in [-0.39, 0.29) is 13.1 Å². The van der Waals surface area contributed by atoms with E-state index in [2.05, 4.69) is 4.74 Å². The van der Waals surface area contributed by atoms with Crippen LogP contribution in [0.1, 0.15) is 32.1 Å². The highest BCUT2D eigenvalue weighted by Crippen LogP contribution is 2.45. The van der Waals surface area contributed by atoms with E-state index in [0.29, 0.717) is 12.8 Å². The molecule has 2 saturated heterocycles. The lowest BCUT2D eigenvalue weighted by Crippen LogP contribution is -2.54. The third kappa shape index (κ3) is 4.17. The molecule has 2 nitrogen and oxygen atoms in total. The van der Waals surface area contributed by atoms with Crippen molar-refractivity contribution in [2.24, 2.45) is 0 Å². The Labute approximate surface area is 138 Å². The summed E-state index contributed by atoms with van der Waals surface area (Å²) in [4.78, 5) is 0.853. The van der Waals surface area contributed by atoms with Crippen LogP contribution in [0.4, 0.5) is 39.5 Å². The summed E-state index contributed by atoms with van der Waals surface area (Å²) in [6.07, 6.45) is -18.2. The van der Waals surface area contributed by atoms with Crippen LogP contribution in [0.15, 0.2) is 0 Å². The molecule has 0 aromatic carbocycles. The van der Waals surface area contributed by atoms with Crippen LogP contribution in [0, 0.1) is 0 Å². The molecule has 0 saturated carbocycles. The Morgan fingerprint density at radius 3 is 1.72 bits per heavy atom. The van der Waals surface area contributed by atoms with Crippen molar-refractivity contribution in [1.29, 1.82) is 0 Å². The molecule has 4 unspecified atom stereocenters. The van der Waals surface area contributed by atoms with Crippen molar-refractivity contribution in [3.8, 4) is 0 Å². The predicted molar refractivity (Wildman–Crippen MR) is 69.1 cm³/mol. The molecule has 0 bridgehead atoms. The van der Waals surface area contributed by atoms with Gasteiger partial charge >= 0.3 is 18.0 Å². The number of rotatable bonds is 5. The minimum atomic E-state index is -5.86. The van der Waals surface area contributed by atoms with Crippen molar-refractivity contribution < 1.29 is 44.3 Å². The molecular weight excluding hydrogens is 369 g/mol. The van der Waals surface area contributed by atoms with Gasteiger partial charge in [0.25, 0.3) is 6.17 Å². The smallest absolute Gasteiger partial charge is 0.362 e. The number of piperidine rings is 1. The molecule has 4 atom stereocenters. The molecule has 148 valence electrons. The van der Waals surface area contributed by atoms with Crippen molar-refractivity contribution in [2.45, 2.75) is 74.8 Å². The summed E-state index contributed by atoms with van der Waals surface area (Å²) in [5, 5.41) is 0. The Kier molecular flexibility index (Phi) is 5.87. The lowest BCUT2D eigenvalue weighted by Gasteiger charge is -2.36. The monoisotopic (exact) mass is 387 g/mol. The standard InChI is InChI=1S/C14H18F9NO/c15-10(14(21,22)23)12(17,18)8-4-5-9(25-8)13(19,20)11(16)24-6-2-1-3-7-24/h8-11H,1-7H2. The summed E-state index contributed by atoms with van der Waals surface area (Å²) in [5.41, 5.74) is 0. The van der Waals surface area contributed by atoms with Crippen molar-refractivity contribution in [3.63, 3.8) is 0 Å². The SMILES string of the molecule is FC(N1CCCCC1)C(F)(F)C1CCC(C(F)(F)C(F)C(F)(F)F)O1. The summed E-state index contributed by atoms with van der Waals surface area (Å²) >= 11 is 0. The molecule has 0 aromatic heterocycles. The summed E-state index contributed by atoms with van der Waals surface area (Å²) in [6, 6.07) is 0. The van der Waals surface area contributed by atoms with Gasteiger partial charge in [-0.3, -0.25) is 4.90 Å². The maximum absolute atomic E-state index is 14.2. The number of hydrogen-bond acceptors (Lipinski definition) is 2. The van der Waals surface area contributed by atoms with Gasteiger partial charge in [-0.2, -0.15) is 22.0 Å². The van der Waals surface area contributed by atoms with E-state index in [1.54, 1.807) is 0 Å². The molecule has 2 rings (SSSR count). The number of ether oxygens (including phenoxy) is 1. The Balaban J connectivity index is 2.05. The number of nitrogens with zero attached hydrogens (tertiary/aromatic N) is 1. The predicted octanol–water partition coefficient (Wildman–Crippen LogP) is 4.49. The minimum Gasteiger partial charge on any atom is -0.362 e. The summed E-state index contributed by atoms with van der Waals surface area (Å²) in [6.45, 7) is 0.118. The van der Waals surface area contributed by atoms with Crippen LogP contribution in [0.25, 0.3) is 0 Å². The van der Waals surface area contributed by atoms with Crippen molar-refractivity contribution in [1.82, 2.24) is 4.90 Å². The highest BCUT2D eigenvalue weighted by molar-refractivity contribution is 4.98. The van der Waals surface area contributed by atoms with Crippen LogP contribution in [-0.2, 0) is 4.74 Å². The highest BCUT2D eigenvalue weighted by atomic mass is 19.4. The first-order valence-electron chi connectivity index (χ1n) is 7.88. The van der Waals surface area contributed by atoms with Crippen molar-refractivity contribution >= 4 is 0 Å². The quantitative estimate of drug-likeness (QED) is 0.509.